The molecule has 0 saturated carbocycles. The van der Waals surface area contributed by atoms with E-state index in [4.69, 9.17) is 17.0 Å². The van der Waals surface area contributed by atoms with Crippen LogP contribution in [0.3, 0.4) is 0 Å². The second-order valence-electron chi connectivity index (χ2n) is 5.98. The summed E-state index contributed by atoms with van der Waals surface area (Å²) in [5.41, 5.74) is 1.24. The normalized spacial score (nSPS) is 14.1. The Labute approximate surface area is 159 Å². The van der Waals surface area contributed by atoms with Crippen molar-refractivity contribution in [2.24, 2.45) is 0 Å². The third-order valence-electron chi connectivity index (χ3n) is 4.15. The number of benzene rings is 2. The molecule has 0 radical (unpaired) electrons. The molecule has 0 aromatic heterocycles. The van der Waals surface area contributed by atoms with Crippen molar-refractivity contribution < 1.29 is 13.2 Å². The van der Waals surface area contributed by atoms with E-state index in [2.05, 4.69) is 14.9 Å². The van der Waals surface area contributed by atoms with Gasteiger partial charge in [-0.3, -0.25) is 4.72 Å². The Bertz CT molecular complexity index is 860. The molecule has 0 spiro atoms. The Balaban J connectivity index is 1.66. The summed E-state index contributed by atoms with van der Waals surface area (Å²) in [5.74, 6) is 0.664. The molecule has 1 fully saturated rings. The van der Waals surface area contributed by atoms with Gasteiger partial charge in [-0.1, -0.05) is 0 Å². The number of sulfonamides is 1. The molecule has 0 unspecified atom stereocenters. The van der Waals surface area contributed by atoms with Crippen molar-refractivity contribution >= 4 is 38.7 Å². The van der Waals surface area contributed by atoms with E-state index in [1.54, 1.807) is 55.6 Å². The molecule has 8 heteroatoms. The number of rotatable bonds is 5. The molecule has 1 aliphatic heterocycles. The zero-order chi connectivity index (χ0) is 18.6. The highest BCUT2D eigenvalue weighted by Crippen LogP contribution is 2.21. The second kappa shape index (κ2) is 7.92. The molecule has 6 nitrogen and oxygen atoms in total. The Morgan fingerprint density at radius 1 is 1.00 bits per heavy atom. The van der Waals surface area contributed by atoms with E-state index in [1.165, 1.54) is 0 Å². The standard InChI is InChI=1S/C18H21N3O3S2/c1-24-16-8-4-15(5-9-16)20-26(22,23)17-10-6-14(7-11-17)19-18(25)21-12-2-3-13-21/h4-11,20H,2-3,12-13H2,1H3,(H,19,25). The molecule has 138 valence electrons. The lowest BCUT2D eigenvalue weighted by molar-refractivity contribution is 0.415. The van der Waals surface area contributed by atoms with E-state index in [1.807, 2.05) is 0 Å². The summed E-state index contributed by atoms with van der Waals surface area (Å²) in [7, 11) is -2.10. The third kappa shape index (κ3) is 4.44. The van der Waals surface area contributed by atoms with Gasteiger partial charge >= 0.3 is 0 Å². The minimum absolute atomic E-state index is 0.186. The summed E-state index contributed by atoms with van der Waals surface area (Å²) in [6, 6.07) is 13.2. The van der Waals surface area contributed by atoms with Gasteiger partial charge in [0.2, 0.25) is 0 Å². The van der Waals surface area contributed by atoms with Crippen LogP contribution in [0.1, 0.15) is 12.8 Å². The molecule has 0 bridgehead atoms. The first-order valence-corrected chi connectivity index (χ1v) is 10.2. The number of anilines is 2. The first-order valence-electron chi connectivity index (χ1n) is 8.31. The number of nitrogens with one attached hydrogen (secondary N) is 2. The summed E-state index contributed by atoms with van der Waals surface area (Å²) in [6.07, 6.45) is 2.30. The lowest BCUT2D eigenvalue weighted by atomic mass is 10.3. The predicted octanol–water partition coefficient (Wildman–Crippen LogP) is 3.29. The van der Waals surface area contributed by atoms with Crippen LogP contribution in [0.15, 0.2) is 53.4 Å². The molecule has 2 aromatic carbocycles. The summed E-state index contributed by atoms with van der Waals surface area (Å²) in [4.78, 5) is 2.30. The SMILES string of the molecule is COc1ccc(NS(=O)(=O)c2ccc(NC(=S)N3CCCC3)cc2)cc1. The van der Waals surface area contributed by atoms with Crippen LogP contribution in [0.25, 0.3) is 0 Å². The average Bonchev–Trinajstić information content (AvgIpc) is 3.17. The number of methoxy groups -OCH3 is 1. The first-order chi connectivity index (χ1) is 12.5. The number of hydrogen-bond acceptors (Lipinski definition) is 4. The van der Waals surface area contributed by atoms with Crippen LogP contribution in [0, 0.1) is 0 Å². The van der Waals surface area contributed by atoms with Crippen LogP contribution in [-0.2, 0) is 10.0 Å². The van der Waals surface area contributed by atoms with Crippen LogP contribution >= 0.6 is 12.2 Å². The maximum Gasteiger partial charge on any atom is 0.261 e. The predicted molar refractivity (Wildman–Crippen MR) is 107 cm³/mol. The minimum Gasteiger partial charge on any atom is -0.497 e. The number of hydrogen-bond donors (Lipinski definition) is 2. The fraction of sp³-hybridized carbons (Fsp3) is 0.278. The highest BCUT2D eigenvalue weighted by atomic mass is 32.2. The highest BCUT2D eigenvalue weighted by molar-refractivity contribution is 7.92. The molecule has 26 heavy (non-hydrogen) atoms. The summed E-state index contributed by atoms with van der Waals surface area (Å²) < 4.78 is 32.6. The van der Waals surface area contributed by atoms with Crippen molar-refractivity contribution in [2.75, 3.05) is 30.2 Å². The average molecular weight is 392 g/mol. The first kappa shape index (κ1) is 18.5. The molecule has 1 saturated heterocycles. The number of ether oxygens (including phenoxy) is 1. The lowest BCUT2D eigenvalue weighted by Gasteiger charge is -2.19. The van der Waals surface area contributed by atoms with Crippen molar-refractivity contribution in [3.05, 3.63) is 48.5 Å². The number of thiocarbonyl (C=S) groups is 1. The fourth-order valence-electron chi connectivity index (χ4n) is 2.71. The maximum absolute atomic E-state index is 12.5. The molecule has 0 atom stereocenters. The van der Waals surface area contributed by atoms with Crippen molar-refractivity contribution in [2.45, 2.75) is 17.7 Å². The smallest absolute Gasteiger partial charge is 0.261 e. The van der Waals surface area contributed by atoms with Crippen molar-refractivity contribution in [1.82, 2.24) is 4.90 Å². The summed E-state index contributed by atoms with van der Waals surface area (Å²) in [6.45, 7) is 1.92. The Kier molecular flexibility index (Phi) is 5.63. The van der Waals surface area contributed by atoms with Gasteiger partial charge in [0.15, 0.2) is 5.11 Å². The van der Waals surface area contributed by atoms with Crippen molar-refractivity contribution in [1.29, 1.82) is 0 Å². The lowest BCUT2D eigenvalue weighted by Crippen LogP contribution is -2.31. The van der Waals surface area contributed by atoms with Crippen molar-refractivity contribution in [3.8, 4) is 5.75 Å². The third-order valence-corrected chi connectivity index (χ3v) is 5.91. The zero-order valence-electron chi connectivity index (χ0n) is 14.4. The molecule has 1 heterocycles. The van der Waals surface area contributed by atoms with E-state index in [9.17, 15) is 8.42 Å². The van der Waals surface area contributed by atoms with E-state index in [0.29, 0.717) is 16.5 Å². The minimum atomic E-state index is -3.66. The van der Waals surface area contributed by atoms with E-state index < -0.39 is 10.0 Å². The quantitative estimate of drug-likeness (QED) is 0.762. The maximum atomic E-state index is 12.5. The van der Waals surface area contributed by atoms with Crippen LogP contribution in [0.2, 0.25) is 0 Å². The van der Waals surface area contributed by atoms with Gasteiger partial charge in [0, 0.05) is 24.5 Å². The Hall–Kier alpha value is -2.32. The van der Waals surface area contributed by atoms with Gasteiger partial charge in [-0.2, -0.15) is 0 Å². The Morgan fingerprint density at radius 2 is 1.58 bits per heavy atom. The molecule has 0 aliphatic carbocycles. The van der Waals surface area contributed by atoms with Crippen LogP contribution in [0.5, 0.6) is 5.75 Å². The highest BCUT2D eigenvalue weighted by Gasteiger charge is 2.16. The van der Waals surface area contributed by atoms with Gasteiger partial charge in [-0.25, -0.2) is 8.42 Å². The molecule has 2 aromatic rings. The van der Waals surface area contributed by atoms with E-state index in [-0.39, 0.29) is 4.90 Å². The fourth-order valence-corrected chi connectivity index (χ4v) is 4.07. The van der Waals surface area contributed by atoms with E-state index in [0.717, 1.165) is 31.6 Å². The topological polar surface area (TPSA) is 70.7 Å². The Morgan fingerprint density at radius 3 is 2.15 bits per heavy atom. The van der Waals surface area contributed by atoms with Gasteiger partial charge in [0.1, 0.15) is 5.75 Å². The van der Waals surface area contributed by atoms with Crippen LogP contribution in [-0.4, -0.2) is 38.6 Å². The molecule has 0 amide bonds. The van der Waals surface area contributed by atoms with Gasteiger partial charge < -0.3 is 15.0 Å². The van der Waals surface area contributed by atoms with Gasteiger partial charge in [-0.05, 0) is 73.6 Å². The molecular formula is C18H21N3O3S2. The number of nitrogens with zero attached hydrogens (tertiary/aromatic N) is 1. The molecule has 3 rings (SSSR count). The number of likely N-dealkylation sites (tertiary alicyclic amines) is 1. The summed E-state index contributed by atoms with van der Waals surface area (Å²) in [5, 5.41) is 3.83. The monoisotopic (exact) mass is 391 g/mol. The van der Waals surface area contributed by atoms with Gasteiger partial charge in [-0.15, -0.1) is 0 Å². The van der Waals surface area contributed by atoms with Crippen molar-refractivity contribution in [3.63, 3.8) is 0 Å². The molecular weight excluding hydrogens is 370 g/mol. The van der Waals surface area contributed by atoms with Crippen LogP contribution < -0.4 is 14.8 Å². The molecule has 2 N–H and O–H groups in total. The van der Waals surface area contributed by atoms with Gasteiger partial charge in [0.05, 0.1) is 12.0 Å². The zero-order valence-corrected chi connectivity index (χ0v) is 16.1. The summed E-state index contributed by atoms with van der Waals surface area (Å²) >= 11 is 5.38. The largest absolute Gasteiger partial charge is 0.497 e. The van der Waals surface area contributed by atoms with Gasteiger partial charge in [0.25, 0.3) is 10.0 Å². The second-order valence-corrected chi connectivity index (χ2v) is 8.05. The van der Waals surface area contributed by atoms with Crippen LogP contribution in [0.4, 0.5) is 11.4 Å². The molecule has 1 aliphatic rings. The van der Waals surface area contributed by atoms with E-state index >= 15 is 0 Å².